The Hall–Kier alpha value is -4.53. The number of benzene rings is 1. The van der Waals surface area contributed by atoms with Crippen molar-refractivity contribution in [2.75, 3.05) is 38.8 Å². The van der Waals surface area contributed by atoms with E-state index in [1.807, 2.05) is 0 Å². The average Bonchev–Trinajstić information content (AvgIpc) is 3.67. The minimum Gasteiger partial charge on any atom is -0.494 e. The Morgan fingerprint density at radius 3 is 2.40 bits per heavy atom. The molecule has 42 heavy (non-hydrogen) atoms. The maximum Gasteiger partial charge on any atom is 0.310 e. The third-order valence-electron chi connectivity index (χ3n) is 6.86. The maximum atomic E-state index is 14.1. The SMILES string of the molecule is CCOC(=O)[C@H]1C[C@@H](S(=O)(=O)Cc2nnc(-c3ccco3)n2-c2c(OC)cccc2OC)CN(c2ncc(F)cn2)C1. The van der Waals surface area contributed by atoms with Crippen molar-refractivity contribution in [3.63, 3.8) is 0 Å². The number of methoxy groups -OCH3 is 2. The number of esters is 1. The summed E-state index contributed by atoms with van der Waals surface area (Å²) < 4.78 is 65.1. The fourth-order valence-electron chi connectivity index (χ4n) is 4.94. The Bertz CT molecular complexity index is 1620. The molecule has 4 aromatic rings. The van der Waals surface area contributed by atoms with Gasteiger partial charge in [-0.3, -0.25) is 9.36 Å². The van der Waals surface area contributed by atoms with Gasteiger partial charge in [-0.15, -0.1) is 10.2 Å². The van der Waals surface area contributed by atoms with Gasteiger partial charge >= 0.3 is 5.97 Å². The molecule has 0 amide bonds. The Morgan fingerprint density at radius 2 is 1.79 bits per heavy atom. The lowest BCUT2D eigenvalue weighted by Crippen LogP contribution is -2.49. The number of furan rings is 1. The maximum absolute atomic E-state index is 14.1. The highest BCUT2D eigenvalue weighted by atomic mass is 32.2. The summed E-state index contributed by atoms with van der Waals surface area (Å²) in [4.78, 5) is 22.3. The molecule has 0 spiro atoms. The number of nitrogens with zero attached hydrogens (tertiary/aromatic N) is 6. The van der Waals surface area contributed by atoms with Gasteiger partial charge in [0.15, 0.2) is 27.2 Å². The van der Waals surface area contributed by atoms with E-state index in [-0.39, 0.29) is 43.7 Å². The van der Waals surface area contributed by atoms with E-state index in [4.69, 9.17) is 18.6 Å². The van der Waals surface area contributed by atoms with Gasteiger partial charge in [0.1, 0.15) is 22.9 Å². The van der Waals surface area contributed by atoms with Crippen LogP contribution in [0.2, 0.25) is 0 Å². The molecule has 1 aromatic carbocycles. The van der Waals surface area contributed by atoms with E-state index in [0.29, 0.717) is 22.9 Å². The lowest BCUT2D eigenvalue weighted by molar-refractivity contribution is -0.148. The molecule has 1 fully saturated rings. The van der Waals surface area contributed by atoms with Crippen LogP contribution in [0, 0.1) is 11.7 Å². The summed E-state index contributed by atoms with van der Waals surface area (Å²) in [6.07, 6.45) is 3.45. The molecule has 15 heteroatoms. The number of carbonyl (C=O) groups is 1. The van der Waals surface area contributed by atoms with Gasteiger partial charge in [0.25, 0.3) is 0 Å². The third kappa shape index (κ3) is 5.77. The normalized spacial score (nSPS) is 17.2. The van der Waals surface area contributed by atoms with Crippen LogP contribution in [-0.2, 0) is 25.1 Å². The van der Waals surface area contributed by atoms with E-state index >= 15 is 0 Å². The van der Waals surface area contributed by atoms with Crippen molar-refractivity contribution in [3.05, 3.63) is 60.6 Å². The quantitative estimate of drug-likeness (QED) is 0.246. The first kappa shape index (κ1) is 29.0. The second-order valence-corrected chi connectivity index (χ2v) is 11.8. The molecule has 222 valence electrons. The first-order chi connectivity index (χ1) is 20.2. The molecule has 3 aromatic heterocycles. The van der Waals surface area contributed by atoms with Crippen LogP contribution in [0.15, 0.2) is 53.4 Å². The largest absolute Gasteiger partial charge is 0.494 e. The van der Waals surface area contributed by atoms with Gasteiger partial charge in [-0.2, -0.15) is 0 Å². The number of hydrogen-bond acceptors (Lipinski definition) is 12. The first-order valence-corrected chi connectivity index (χ1v) is 14.8. The zero-order valence-corrected chi connectivity index (χ0v) is 24.0. The van der Waals surface area contributed by atoms with E-state index in [2.05, 4.69) is 20.2 Å². The predicted molar refractivity (Wildman–Crippen MR) is 148 cm³/mol. The van der Waals surface area contributed by atoms with Gasteiger partial charge in [0, 0.05) is 13.1 Å². The number of para-hydroxylation sites is 1. The van der Waals surface area contributed by atoms with Crippen LogP contribution < -0.4 is 14.4 Å². The molecule has 1 aliphatic heterocycles. The fourth-order valence-corrected chi connectivity index (χ4v) is 6.65. The van der Waals surface area contributed by atoms with Crippen molar-refractivity contribution in [1.82, 2.24) is 24.7 Å². The van der Waals surface area contributed by atoms with Crippen molar-refractivity contribution in [1.29, 1.82) is 0 Å². The van der Waals surface area contributed by atoms with Crippen LogP contribution in [0.4, 0.5) is 10.3 Å². The molecular formula is C27H29FN6O7S. The Labute approximate surface area is 241 Å². The monoisotopic (exact) mass is 600 g/mol. The van der Waals surface area contributed by atoms with E-state index < -0.39 is 38.5 Å². The molecule has 1 saturated heterocycles. The smallest absolute Gasteiger partial charge is 0.310 e. The number of rotatable bonds is 10. The number of carbonyl (C=O) groups excluding carboxylic acids is 1. The lowest BCUT2D eigenvalue weighted by atomic mass is 9.98. The second-order valence-electron chi connectivity index (χ2n) is 9.48. The van der Waals surface area contributed by atoms with Gasteiger partial charge < -0.3 is 23.5 Å². The predicted octanol–water partition coefficient (Wildman–Crippen LogP) is 2.85. The highest BCUT2D eigenvalue weighted by Crippen LogP contribution is 2.37. The summed E-state index contributed by atoms with van der Waals surface area (Å²) in [6, 6.07) is 8.49. The summed E-state index contributed by atoms with van der Waals surface area (Å²) in [5.41, 5.74) is 0.387. The molecule has 13 nitrogen and oxygen atoms in total. The van der Waals surface area contributed by atoms with Crippen molar-refractivity contribution in [2.24, 2.45) is 5.92 Å². The summed E-state index contributed by atoms with van der Waals surface area (Å²) in [5.74, 6) is -0.952. The molecule has 0 radical (unpaired) electrons. The van der Waals surface area contributed by atoms with Crippen LogP contribution in [0.1, 0.15) is 19.2 Å². The van der Waals surface area contributed by atoms with Gasteiger partial charge in [-0.25, -0.2) is 22.8 Å². The number of anilines is 1. The molecule has 1 aliphatic rings. The third-order valence-corrected chi connectivity index (χ3v) is 8.87. The summed E-state index contributed by atoms with van der Waals surface area (Å²) in [7, 11) is -1.04. The Balaban J connectivity index is 1.55. The van der Waals surface area contributed by atoms with Crippen molar-refractivity contribution in [2.45, 2.75) is 24.3 Å². The number of sulfone groups is 1. The minimum absolute atomic E-state index is 0.00994. The molecule has 0 unspecified atom stereocenters. The topological polar surface area (TPSA) is 152 Å². The van der Waals surface area contributed by atoms with Gasteiger partial charge in [0.2, 0.25) is 11.8 Å². The molecule has 2 atom stereocenters. The van der Waals surface area contributed by atoms with Crippen molar-refractivity contribution >= 4 is 21.8 Å². The highest BCUT2D eigenvalue weighted by molar-refractivity contribution is 7.91. The van der Waals surface area contributed by atoms with E-state index in [1.54, 1.807) is 42.2 Å². The molecule has 4 heterocycles. The van der Waals surface area contributed by atoms with Gasteiger partial charge in [-0.1, -0.05) is 6.07 Å². The highest BCUT2D eigenvalue weighted by Gasteiger charge is 2.41. The molecule has 0 N–H and O–H groups in total. The zero-order valence-electron chi connectivity index (χ0n) is 23.1. The Kier molecular flexibility index (Phi) is 8.38. The van der Waals surface area contributed by atoms with Crippen LogP contribution in [0.3, 0.4) is 0 Å². The van der Waals surface area contributed by atoms with Crippen molar-refractivity contribution in [3.8, 4) is 28.8 Å². The molecule has 0 bridgehead atoms. The lowest BCUT2D eigenvalue weighted by Gasteiger charge is -2.36. The first-order valence-electron chi connectivity index (χ1n) is 13.1. The Morgan fingerprint density at radius 1 is 1.07 bits per heavy atom. The average molecular weight is 601 g/mol. The van der Waals surface area contributed by atoms with E-state index in [9.17, 15) is 17.6 Å². The molecule has 5 rings (SSSR count). The van der Waals surface area contributed by atoms with Crippen LogP contribution in [-0.4, -0.2) is 78.3 Å². The standard InChI is InChI=1S/C27H29FN6O7S/c1-4-40-26(35)17-11-19(15-33(14-17)27-29-12-18(28)13-30-27)42(36,37)16-23-31-32-25(22-9-6-10-41-22)34(23)24-20(38-2)7-5-8-21(24)39-3/h5-10,12-13,17,19H,4,11,14-16H2,1-3H3/t17-,19+/m0/s1. The number of piperidine rings is 1. The molecule has 0 saturated carbocycles. The van der Waals surface area contributed by atoms with E-state index in [1.165, 1.54) is 25.0 Å². The van der Waals surface area contributed by atoms with Gasteiger partial charge in [0.05, 0.1) is 50.7 Å². The van der Waals surface area contributed by atoms with Crippen LogP contribution in [0.25, 0.3) is 17.3 Å². The minimum atomic E-state index is -4.01. The van der Waals surface area contributed by atoms with Crippen molar-refractivity contribution < 1.29 is 36.2 Å². The van der Waals surface area contributed by atoms with Gasteiger partial charge in [-0.05, 0) is 37.6 Å². The van der Waals surface area contributed by atoms with Crippen LogP contribution in [0.5, 0.6) is 11.5 Å². The summed E-state index contributed by atoms with van der Waals surface area (Å²) >= 11 is 0. The summed E-state index contributed by atoms with van der Waals surface area (Å²) in [6.45, 7) is 1.90. The molecule has 0 aliphatic carbocycles. The fraction of sp³-hybridized carbons (Fsp3) is 0.370. The molecular weight excluding hydrogens is 571 g/mol. The van der Waals surface area contributed by atoms with E-state index in [0.717, 1.165) is 12.4 Å². The zero-order chi connectivity index (χ0) is 29.9. The number of aromatic nitrogens is 5. The van der Waals surface area contributed by atoms with Crippen LogP contribution >= 0.6 is 0 Å². The number of ether oxygens (including phenoxy) is 3. The number of hydrogen-bond donors (Lipinski definition) is 0. The second kappa shape index (κ2) is 12.1. The number of halogens is 1. The summed E-state index contributed by atoms with van der Waals surface area (Å²) in [5, 5.41) is 7.46.